The zero-order chi connectivity index (χ0) is 13.6. The molecule has 1 aliphatic carbocycles. The van der Waals surface area contributed by atoms with E-state index in [0.29, 0.717) is 11.8 Å². The van der Waals surface area contributed by atoms with Crippen LogP contribution in [0.4, 0.5) is 0 Å². The van der Waals surface area contributed by atoms with Gasteiger partial charge in [-0.05, 0) is 56.3 Å². The van der Waals surface area contributed by atoms with Gasteiger partial charge in [-0.25, -0.2) is 0 Å². The zero-order valence-electron chi connectivity index (χ0n) is 12.3. The van der Waals surface area contributed by atoms with Gasteiger partial charge in [0, 0.05) is 12.5 Å². The third kappa shape index (κ3) is 2.36. The SMILES string of the molecule is Cl.O=C(C1CC1)N1CCc2ccccc2C12CCNCC2. The van der Waals surface area contributed by atoms with Gasteiger partial charge < -0.3 is 10.2 Å². The predicted molar refractivity (Wildman–Crippen MR) is 85.6 cm³/mol. The van der Waals surface area contributed by atoms with Crippen molar-refractivity contribution >= 4 is 18.3 Å². The molecule has 0 bridgehead atoms. The molecule has 1 aromatic rings. The molecule has 1 N–H and O–H groups in total. The monoisotopic (exact) mass is 306 g/mol. The summed E-state index contributed by atoms with van der Waals surface area (Å²) < 4.78 is 0. The number of fused-ring (bicyclic) bond motifs is 2. The van der Waals surface area contributed by atoms with Gasteiger partial charge in [0.25, 0.3) is 0 Å². The van der Waals surface area contributed by atoms with Gasteiger partial charge in [0.1, 0.15) is 0 Å². The Kier molecular flexibility index (Phi) is 3.98. The Morgan fingerprint density at radius 1 is 1.19 bits per heavy atom. The number of hydrogen-bond acceptors (Lipinski definition) is 2. The summed E-state index contributed by atoms with van der Waals surface area (Å²) in [5.41, 5.74) is 2.84. The van der Waals surface area contributed by atoms with E-state index in [1.807, 2.05) is 0 Å². The highest BCUT2D eigenvalue weighted by atomic mass is 35.5. The molecule has 1 amide bonds. The summed E-state index contributed by atoms with van der Waals surface area (Å²) in [6.45, 7) is 2.94. The number of rotatable bonds is 1. The number of halogens is 1. The molecule has 0 unspecified atom stereocenters. The maximum Gasteiger partial charge on any atom is 0.226 e. The first-order valence-corrected chi connectivity index (χ1v) is 7.92. The van der Waals surface area contributed by atoms with Crippen molar-refractivity contribution in [1.29, 1.82) is 0 Å². The van der Waals surface area contributed by atoms with Crippen LogP contribution in [-0.4, -0.2) is 30.4 Å². The predicted octanol–water partition coefficient (Wildman–Crippen LogP) is 2.48. The zero-order valence-corrected chi connectivity index (χ0v) is 13.1. The van der Waals surface area contributed by atoms with E-state index in [2.05, 4.69) is 34.5 Å². The summed E-state index contributed by atoms with van der Waals surface area (Å²) in [6.07, 6.45) is 5.34. The van der Waals surface area contributed by atoms with Crippen molar-refractivity contribution in [2.24, 2.45) is 5.92 Å². The van der Waals surface area contributed by atoms with Gasteiger partial charge in [-0.2, -0.15) is 0 Å². The van der Waals surface area contributed by atoms with Crippen LogP contribution in [0.3, 0.4) is 0 Å². The topological polar surface area (TPSA) is 32.3 Å². The molecule has 1 aromatic carbocycles. The van der Waals surface area contributed by atoms with Gasteiger partial charge in [-0.15, -0.1) is 12.4 Å². The van der Waals surface area contributed by atoms with Gasteiger partial charge >= 0.3 is 0 Å². The molecule has 0 atom stereocenters. The Labute approximate surface area is 132 Å². The fourth-order valence-corrected chi connectivity index (χ4v) is 4.04. The third-order valence-electron chi connectivity index (χ3n) is 5.26. The molecular formula is C17H23ClN2O. The standard InChI is InChI=1S/C17H22N2O.ClH/c20-16(14-5-6-14)19-12-7-13-3-1-2-4-15(13)17(19)8-10-18-11-9-17;/h1-4,14,18H,5-12H2;1H. The first kappa shape index (κ1) is 14.9. The molecule has 1 saturated carbocycles. The second-order valence-electron chi connectivity index (χ2n) is 6.45. The van der Waals surface area contributed by atoms with Crippen molar-refractivity contribution in [3.05, 3.63) is 35.4 Å². The second kappa shape index (κ2) is 5.62. The van der Waals surface area contributed by atoms with Gasteiger partial charge in [-0.1, -0.05) is 24.3 Å². The Morgan fingerprint density at radius 3 is 2.62 bits per heavy atom. The number of benzene rings is 1. The van der Waals surface area contributed by atoms with E-state index < -0.39 is 0 Å². The molecular weight excluding hydrogens is 284 g/mol. The van der Waals surface area contributed by atoms with Crippen molar-refractivity contribution in [2.75, 3.05) is 19.6 Å². The summed E-state index contributed by atoms with van der Waals surface area (Å²) in [6, 6.07) is 8.77. The van der Waals surface area contributed by atoms with Gasteiger partial charge in [0.05, 0.1) is 5.54 Å². The molecule has 114 valence electrons. The molecule has 0 radical (unpaired) electrons. The van der Waals surface area contributed by atoms with Gasteiger partial charge in [0.15, 0.2) is 0 Å². The van der Waals surface area contributed by atoms with E-state index in [-0.39, 0.29) is 17.9 Å². The number of carbonyl (C=O) groups excluding carboxylic acids is 1. The molecule has 2 aliphatic heterocycles. The highest BCUT2D eigenvalue weighted by molar-refractivity contribution is 5.85. The van der Waals surface area contributed by atoms with Crippen LogP contribution in [0.5, 0.6) is 0 Å². The smallest absolute Gasteiger partial charge is 0.226 e. The molecule has 2 fully saturated rings. The molecule has 4 rings (SSSR count). The van der Waals surface area contributed by atoms with Crippen molar-refractivity contribution in [3.63, 3.8) is 0 Å². The van der Waals surface area contributed by atoms with E-state index in [1.54, 1.807) is 0 Å². The van der Waals surface area contributed by atoms with Crippen LogP contribution < -0.4 is 5.32 Å². The van der Waals surface area contributed by atoms with E-state index >= 15 is 0 Å². The lowest BCUT2D eigenvalue weighted by Gasteiger charge is -2.51. The van der Waals surface area contributed by atoms with E-state index in [0.717, 1.165) is 51.7 Å². The lowest BCUT2D eigenvalue weighted by atomic mass is 9.74. The molecule has 1 saturated heterocycles. The highest BCUT2D eigenvalue weighted by Crippen LogP contribution is 2.45. The van der Waals surface area contributed by atoms with Crippen molar-refractivity contribution in [2.45, 2.75) is 37.6 Å². The van der Waals surface area contributed by atoms with Crippen LogP contribution in [0, 0.1) is 5.92 Å². The number of nitrogens with zero attached hydrogens (tertiary/aromatic N) is 1. The molecule has 3 aliphatic rings. The fraction of sp³-hybridized carbons (Fsp3) is 0.588. The molecule has 2 heterocycles. The largest absolute Gasteiger partial charge is 0.332 e. The Morgan fingerprint density at radius 2 is 1.90 bits per heavy atom. The van der Waals surface area contributed by atoms with E-state index in [4.69, 9.17) is 0 Å². The molecule has 3 nitrogen and oxygen atoms in total. The normalized spacial score (nSPS) is 23.3. The second-order valence-corrected chi connectivity index (χ2v) is 6.45. The van der Waals surface area contributed by atoms with Crippen LogP contribution in [0.2, 0.25) is 0 Å². The van der Waals surface area contributed by atoms with Crippen LogP contribution in [0.1, 0.15) is 36.8 Å². The van der Waals surface area contributed by atoms with Crippen molar-refractivity contribution < 1.29 is 4.79 Å². The molecule has 4 heteroatoms. The lowest BCUT2D eigenvalue weighted by Crippen LogP contribution is -2.58. The van der Waals surface area contributed by atoms with E-state index in [9.17, 15) is 4.79 Å². The average Bonchev–Trinajstić information content (AvgIpc) is 3.33. The highest BCUT2D eigenvalue weighted by Gasteiger charge is 2.48. The maximum absolute atomic E-state index is 12.7. The van der Waals surface area contributed by atoms with E-state index in [1.165, 1.54) is 11.1 Å². The van der Waals surface area contributed by atoms with Gasteiger partial charge in [0.2, 0.25) is 5.91 Å². The number of nitrogens with one attached hydrogen (secondary N) is 1. The molecule has 0 aromatic heterocycles. The first-order chi connectivity index (χ1) is 9.81. The first-order valence-electron chi connectivity index (χ1n) is 7.92. The fourth-order valence-electron chi connectivity index (χ4n) is 4.04. The summed E-state index contributed by atoms with van der Waals surface area (Å²) in [4.78, 5) is 15.0. The minimum Gasteiger partial charge on any atom is -0.332 e. The quantitative estimate of drug-likeness (QED) is 0.864. The summed E-state index contributed by atoms with van der Waals surface area (Å²) in [5.74, 6) is 0.744. The van der Waals surface area contributed by atoms with Crippen LogP contribution in [0.15, 0.2) is 24.3 Å². The van der Waals surface area contributed by atoms with Crippen molar-refractivity contribution in [3.8, 4) is 0 Å². The minimum atomic E-state index is -0.0280. The number of amides is 1. The Hall–Kier alpha value is -1.06. The van der Waals surface area contributed by atoms with Crippen LogP contribution in [-0.2, 0) is 16.8 Å². The van der Waals surface area contributed by atoms with Crippen LogP contribution in [0.25, 0.3) is 0 Å². The number of carbonyl (C=O) groups is 1. The van der Waals surface area contributed by atoms with Crippen molar-refractivity contribution in [1.82, 2.24) is 10.2 Å². The Balaban J connectivity index is 0.00000132. The molecule has 1 spiro atoms. The van der Waals surface area contributed by atoms with Crippen LogP contribution >= 0.6 is 12.4 Å². The maximum atomic E-state index is 12.7. The third-order valence-corrected chi connectivity index (χ3v) is 5.26. The number of hydrogen-bond donors (Lipinski definition) is 1. The van der Waals surface area contributed by atoms with Gasteiger partial charge in [-0.3, -0.25) is 4.79 Å². The summed E-state index contributed by atoms with van der Waals surface area (Å²) in [5, 5.41) is 3.45. The average molecular weight is 307 g/mol. The minimum absolute atomic E-state index is 0. The molecule has 21 heavy (non-hydrogen) atoms. The number of piperidine rings is 1. The summed E-state index contributed by atoms with van der Waals surface area (Å²) in [7, 11) is 0. The summed E-state index contributed by atoms with van der Waals surface area (Å²) >= 11 is 0. The lowest BCUT2D eigenvalue weighted by molar-refractivity contribution is -0.142. The Bertz CT molecular complexity index is 535.